The van der Waals surface area contributed by atoms with Gasteiger partial charge in [-0.25, -0.2) is 0 Å². The molecule has 0 aliphatic heterocycles. The van der Waals surface area contributed by atoms with Crippen LogP contribution in [-0.2, 0) is 6.54 Å². The third-order valence-corrected chi connectivity index (χ3v) is 3.00. The highest BCUT2D eigenvalue weighted by atomic mass is 15.1. The van der Waals surface area contributed by atoms with Crippen molar-refractivity contribution in [1.82, 2.24) is 15.5 Å². The first-order chi connectivity index (χ1) is 8.20. The minimum Gasteiger partial charge on any atom is -0.311 e. The summed E-state index contributed by atoms with van der Waals surface area (Å²) in [6.45, 7) is 8.16. The number of nitrogens with zero attached hydrogens (tertiary/aromatic N) is 1. The first-order valence-corrected chi connectivity index (χ1v) is 6.03. The molecule has 0 aliphatic carbocycles. The quantitative estimate of drug-likeness (QED) is 0.846. The molecule has 0 fully saturated rings. The largest absolute Gasteiger partial charge is 0.311 e. The Bertz CT molecular complexity index is 500. The summed E-state index contributed by atoms with van der Waals surface area (Å²) in [6.07, 6.45) is 0. The maximum atomic E-state index is 4.35. The number of aromatic nitrogens is 2. The van der Waals surface area contributed by atoms with Gasteiger partial charge in [-0.2, -0.15) is 5.10 Å². The molecule has 0 atom stereocenters. The average Bonchev–Trinajstić information content (AvgIpc) is 2.79. The van der Waals surface area contributed by atoms with Crippen molar-refractivity contribution < 1.29 is 0 Å². The van der Waals surface area contributed by atoms with Crippen LogP contribution >= 0.6 is 0 Å². The lowest BCUT2D eigenvalue weighted by atomic mass is 10.0. The van der Waals surface area contributed by atoms with Crippen LogP contribution < -0.4 is 5.32 Å². The van der Waals surface area contributed by atoms with Crippen molar-refractivity contribution >= 4 is 0 Å². The van der Waals surface area contributed by atoms with Gasteiger partial charge in [-0.3, -0.25) is 5.10 Å². The summed E-state index contributed by atoms with van der Waals surface area (Å²) in [6, 6.07) is 8.55. The van der Waals surface area contributed by atoms with Gasteiger partial charge < -0.3 is 5.32 Å². The molecule has 0 unspecified atom stereocenters. The molecule has 3 nitrogen and oxygen atoms in total. The smallest absolute Gasteiger partial charge is 0.0924 e. The minimum absolute atomic E-state index is 0.842. The summed E-state index contributed by atoms with van der Waals surface area (Å²) in [5.74, 6) is 0. The number of hydrogen-bond donors (Lipinski definition) is 2. The summed E-state index contributed by atoms with van der Waals surface area (Å²) >= 11 is 0. The van der Waals surface area contributed by atoms with Crippen molar-refractivity contribution in [2.24, 2.45) is 0 Å². The van der Waals surface area contributed by atoms with E-state index in [4.69, 9.17) is 0 Å². The topological polar surface area (TPSA) is 40.7 Å². The molecule has 2 N–H and O–H groups in total. The Hall–Kier alpha value is -1.61. The summed E-state index contributed by atoms with van der Waals surface area (Å²) < 4.78 is 0. The van der Waals surface area contributed by atoms with Gasteiger partial charge in [0, 0.05) is 17.8 Å². The maximum absolute atomic E-state index is 4.35. The second-order valence-corrected chi connectivity index (χ2v) is 4.36. The van der Waals surface area contributed by atoms with Gasteiger partial charge >= 0.3 is 0 Å². The van der Waals surface area contributed by atoms with E-state index in [9.17, 15) is 0 Å². The van der Waals surface area contributed by atoms with E-state index in [0.29, 0.717) is 0 Å². The van der Waals surface area contributed by atoms with Crippen LogP contribution in [0, 0.1) is 13.8 Å². The van der Waals surface area contributed by atoms with Crippen LogP contribution in [0.1, 0.15) is 23.7 Å². The molecule has 1 aromatic heterocycles. The van der Waals surface area contributed by atoms with Gasteiger partial charge in [-0.1, -0.05) is 19.1 Å². The molecule has 90 valence electrons. The fourth-order valence-electron chi connectivity index (χ4n) is 1.76. The van der Waals surface area contributed by atoms with Gasteiger partial charge in [0.25, 0.3) is 0 Å². The molecule has 2 aromatic rings. The number of hydrogen-bond acceptors (Lipinski definition) is 2. The first kappa shape index (κ1) is 11.9. The highest BCUT2D eigenvalue weighted by Gasteiger charge is 2.04. The van der Waals surface area contributed by atoms with Crippen molar-refractivity contribution in [3.05, 3.63) is 41.1 Å². The zero-order chi connectivity index (χ0) is 12.3. The maximum Gasteiger partial charge on any atom is 0.0924 e. The third-order valence-electron chi connectivity index (χ3n) is 3.00. The molecular formula is C14H19N3. The second-order valence-electron chi connectivity index (χ2n) is 4.36. The van der Waals surface area contributed by atoms with Crippen molar-refractivity contribution in [3.8, 4) is 11.3 Å². The van der Waals surface area contributed by atoms with Crippen molar-refractivity contribution in [2.75, 3.05) is 6.54 Å². The summed E-state index contributed by atoms with van der Waals surface area (Å²) in [5.41, 5.74) is 5.93. The molecule has 0 aliphatic rings. The van der Waals surface area contributed by atoms with Crippen LogP contribution in [0.4, 0.5) is 0 Å². The Morgan fingerprint density at radius 1 is 1.18 bits per heavy atom. The van der Waals surface area contributed by atoms with Crippen LogP contribution in [0.15, 0.2) is 24.3 Å². The third kappa shape index (κ3) is 2.74. The summed E-state index contributed by atoms with van der Waals surface area (Å²) in [5, 5.41) is 10.7. The van der Waals surface area contributed by atoms with Crippen molar-refractivity contribution in [2.45, 2.75) is 27.3 Å². The van der Waals surface area contributed by atoms with Gasteiger partial charge in [-0.15, -0.1) is 0 Å². The second kappa shape index (κ2) is 5.15. The van der Waals surface area contributed by atoms with Crippen LogP contribution in [-0.4, -0.2) is 16.7 Å². The molecule has 1 heterocycles. The van der Waals surface area contributed by atoms with Crippen molar-refractivity contribution in [1.29, 1.82) is 0 Å². The molecule has 0 saturated carbocycles. The molecule has 0 bridgehead atoms. The van der Waals surface area contributed by atoms with E-state index in [1.807, 2.05) is 0 Å². The van der Waals surface area contributed by atoms with Gasteiger partial charge in [0.15, 0.2) is 0 Å². The monoisotopic (exact) mass is 229 g/mol. The zero-order valence-corrected chi connectivity index (χ0v) is 10.7. The molecule has 2 rings (SSSR count). The Labute approximate surface area is 102 Å². The predicted molar refractivity (Wildman–Crippen MR) is 70.9 cm³/mol. The molecule has 1 aromatic carbocycles. The van der Waals surface area contributed by atoms with E-state index < -0.39 is 0 Å². The minimum atomic E-state index is 0.842. The molecule has 3 heteroatoms. The number of H-pyrrole nitrogens is 1. The highest BCUT2D eigenvalue weighted by Crippen LogP contribution is 2.20. The van der Waals surface area contributed by atoms with E-state index in [1.54, 1.807) is 0 Å². The Kier molecular flexibility index (Phi) is 3.59. The Morgan fingerprint density at radius 3 is 2.71 bits per heavy atom. The molecule has 0 amide bonds. The summed E-state index contributed by atoms with van der Waals surface area (Å²) in [4.78, 5) is 0. The number of rotatable bonds is 4. The van der Waals surface area contributed by atoms with Crippen LogP contribution in [0.5, 0.6) is 0 Å². The van der Waals surface area contributed by atoms with E-state index >= 15 is 0 Å². The summed E-state index contributed by atoms with van der Waals surface area (Å²) in [7, 11) is 0. The van der Waals surface area contributed by atoms with Gasteiger partial charge in [0.05, 0.1) is 5.69 Å². The van der Waals surface area contributed by atoms with Crippen LogP contribution in [0.2, 0.25) is 0 Å². The number of aryl methyl sites for hydroxylation is 2. The van der Waals surface area contributed by atoms with Crippen LogP contribution in [0.25, 0.3) is 11.3 Å². The van der Waals surface area contributed by atoms with Gasteiger partial charge in [-0.05, 0) is 43.7 Å². The van der Waals surface area contributed by atoms with E-state index in [-0.39, 0.29) is 0 Å². The fourth-order valence-corrected chi connectivity index (χ4v) is 1.76. The lowest BCUT2D eigenvalue weighted by Crippen LogP contribution is -2.11. The molecule has 0 radical (unpaired) electrons. The average molecular weight is 229 g/mol. The number of aromatic amines is 1. The molecular weight excluding hydrogens is 210 g/mol. The number of nitrogens with one attached hydrogen (secondary N) is 2. The predicted octanol–water partition coefficient (Wildman–Crippen LogP) is 2.80. The normalized spacial score (nSPS) is 10.8. The highest BCUT2D eigenvalue weighted by molar-refractivity contribution is 5.61. The Morgan fingerprint density at radius 2 is 2.00 bits per heavy atom. The number of benzene rings is 1. The van der Waals surface area contributed by atoms with Crippen molar-refractivity contribution in [3.63, 3.8) is 0 Å². The molecule has 17 heavy (non-hydrogen) atoms. The van der Waals surface area contributed by atoms with Crippen LogP contribution in [0.3, 0.4) is 0 Å². The Balaban J connectivity index is 2.21. The lowest BCUT2D eigenvalue weighted by Gasteiger charge is -2.01. The first-order valence-electron chi connectivity index (χ1n) is 6.03. The van der Waals surface area contributed by atoms with Gasteiger partial charge in [0.2, 0.25) is 0 Å². The molecule has 0 spiro atoms. The van der Waals surface area contributed by atoms with Gasteiger partial charge in [0.1, 0.15) is 0 Å². The van der Waals surface area contributed by atoms with E-state index in [1.165, 1.54) is 16.7 Å². The molecule has 0 saturated heterocycles. The van der Waals surface area contributed by atoms with E-state index in [2.05, 4.69) is 60.6 Å². The standard InChI is InChI=1S/C14H19N3/c1-4-15-9-13-8-14(17-16-13)12-6-5-10(2)11(3)7-12/h5-8,15H,4,9H2,1-3H3,(H,16,17). The zero-order valence-electron chi connectivity index (χ0n) is 10.7. The fraction of sp³-hybridized carbons (Fsp3) is 0.357. The lowest BCUT2D eigenvalue weighted by molar-refractivity contribution is 0.707. The SMILES string of the molecule is CCNCc1cc(-c2ccc(C)c(C)c2)n[nH]1. The van der Waals surface area contributed by atoms with E-state index in [0.717, 1.165) is 24.5 Å².